The Morgan fingerprint density at radius 3 is 2.37 bits per heavy atom. The SMILES string of the molecule is OC[C@@H](OCC1CO1)[C@H]1OC[C@H](O)[C@H]1OCC1CO1. The van der Waals surface area contributed by atoms with Gasteiger partial charge in [0.25, 0.3) is 0 Å². The normalized spacial score (nSPS) is 42.3. The van der Waals surface area contributed by atoms with Crippen molar-refractivity contribution in [3.8, 4) is 0 Å². The summed E-state index contributed by atoms with van der Waals surface area (Å²) in [7, 11) is 0. The number of hydrogen-bond acceptors (Lipinski definition) is 7. The highest BCUT2D eigenvalue weighted by Gasteiger charge is 2.43. The fraction of sp³-hybridized carbons (Fsp3) is 1.00. The third kappa shape index (κ3) is 3.63. The van der Waals surface area contributed by atoms with Crippen LogP contribution in [0.15, 0.2) is 0 Å². The first-order valence-corrected chi connectivity index (χ1v) is 6.65. The third-order valence-electron chi connectivity index (χ3n) is 3.48. The van der Waals surface area contributed by atoms with E-state index in [-0.39, 0.29) is 25.4 Å². The lowest BCUT2D eigenvalue weighted by atomic mass is 10.1. The smallest absolute Gasteiger partial charge is 0.115 e. The summed E-state index contributed by atoms with van der Waals surface area (Å²) in [6.45, 7) is 2.29. The maximum absolute atomic E-state index is 9.87. The Morgan fingerprint density at radius 2 is 1.74 bits per heavy atom. The highest BCUT2D eigenvalue weighted by atomic mass is 16.6. The van der Waals surface area contributed by atoms with Crippen LogP contribution < -0.4 is 0 Å². The van der Waals surface area contributed by atoms with Gasteiger partial charge in [0.1, 0.15) is 36.6 Å². The lowest BCUT2D eigenvalue weighted by Crippen LogP contribution is -2.44. The molecular weight excluding hydrogens is 256 g/mol. The van der Waals surface area contributed by atoms with Crippen LogP contribution in [-0.4, -0.2) is 86.5 Å². The van der Waals surface area contributed by atoms with E-state index in [1.54, 1.807) is 0 Å². The maximum Gasteiger partial charge on any atom is 0.115 e. The monoisotopic (exact) mass is 276 g/mol. The Morgan fingerprint density at radius 1 is 1.05 bits per heavy atom. The molecule has 0 bridgehead atoms. The van der Waals surface area contributed by atoms with Crippen LogP contribution in [0.5, 0.6) is 0 Å². The first-order valence-electron chi connectivity index (χ1n) is 6.65. The van der Waals surface area contributed by atoms with Crippen LogP contribution in [0.1, 0.15) is 0 Å². The van der Waals surface area contributed by atoms with Gasteiger partial charge in [-0.05, 0) is 0 Å². The maximum atomic E-state index is 9.87. The molecule has 0 amide bonds. The Kier molecular flexibility index (Phi) is 4.33. The number of aliphatic hydroxyl groups excluding tert-OH is 2. The van der Waals surface area contributed by atoms with Gasteiger partial charge in [0, 0.05) is 0 Å². The van der Waals surface area contributed by atoms with Crippen LogP contribution in [-0.2, 0) is 23.7 Å². The summed E-state index contributed by atoms with van der Waals surface area (Å²) in [5.41, 5.74) is 0. The molecule has 3 aliphatic heterocycles. The molecule has 3 rings (SSSR count). The van der Waals surface area contributed by atoms with Crippen molar-refractivity contribution in [3.63, 3.8) is 0 Å². The molecule has 3 fully saturated rings. The van der Waals surface area contributed by atoms with Gasteiger partial charge in [0.05, 0.1) is 39.6 Å². The zero-order chi connectivity index (χ0) is 13.2. The van der Waals surface area contributed by atoms with E-state index < -0.39 is 24.4 Å². The van der Waals surface area contributed by atoms with E-state index in [2.05, 4.69) is 0 Å². The molecule has 0 spiro atoms. The second kappa shape index (κ2) is 6.01. The molecule has 0 aliphatic carbocycles. The van der Waals surface area contributed by atoms with Crippen LogP contribution in [0.4, 0.5) is 0 Å². The molecule has 2 N–H and O–H groups in total. The summed E-state index contributed by atoms with van der Waals surface area (Å²) in [4.78, 5) is 0. The van der Waals surface area contributed by atoms with E-state index in [1.807, 2.05) is 0 Å². The molecule has 7 nitrogen and oxygen atoms in total. The molecule has 0 aromatic heterocycles. The van der Waals surface area contributed by atoms with Crippen molar-refractivity contribution in [1.82, 2.24) is 0 Å². The molecule has 0 aromatic rings. The molecule has 110 valence electrons. The standard InChI is InChI=1S/C12H20O7/c13-1-10(17-4-7-2-15-7)12-11(9(14)6-19-12)18-5-8-3-16-8/h7-14H,1-6H2/t7?,8?,9-,10+,11+,12+/m0/s1. The summed E-state index contributed by atoms with van der Waals surface area (Å²) in [6.07, 6.45) is -1.90. The van der Waals surface area contributed by atoms with E-state index in [4.69, 9.17) is 23.7 Å². The molecule has 0 radical (unpaired) electrons. The fourth-order valence-corrected chi connectivity index (χ4v) is 2.17. The predicted molar refractivity (Wildman–Crippen MR) is 61.8 cm³/mol. The number of rotatable bonds is 8. The van der Waals surface area contributed by atoms with Gasteiger partial charge in [-0.1, -0.05) is 0 Å². The predicted octanol–water partition coefficient (Wildman–Crippen LogP) is -1.69. The van der Waals surface area contributed by atoms with Crippen LogP contribution in [0.3, 0.4) is 0 Å². The summed E-state index contributed by atoms with van der Waals surface area (Å²) in [5, 5.41) is 19.3. The second-order valence-electron chi connectivity index (χ2n) is 5.13. The fourth-order valence-electron chi connectivity index (χ4n) is 2.17. The first kappa shape index (κ1) is 13.7. The van der Waals surface area contributed by atoms with Gasteiger partial charge >= 0.3 is 0 Å². The highest BCUT2D eigenvalue weighted by molar-refractivity contribution is 4.91. The number of ether oxygens (including phenoxy) is 5. The van der Waals surface area contributed by atoms with Crippen LogP contribution in [0.25, 0.3) is 0 Å². The van der Waals surface area contributed by atoms with Crippen LogP contribution >= 0.6 is 0 Å². The zero-order valence-corrected chi connectivity index (χ0v) is 10.6. The van der Waals surface area contributed by atoms with Gasteiger partial charge in [-0.15, -0.1) is 0 Å². The van der Waals surface area contributed by atoms with E-state index in [1.165, 1.54) is 0 Å². The van der Waals surface area contributed by atoms with Crippen molar-refractivity contribution >= 4 is 0 Å². The zero-order valence-electron chi connectivity index (χ0n) is 10.6. The molecule has 19 heavy (non-hydrogen) atoms. The highest BCUT2D eigenvalue weighted by Crippen LogP contribution is 2.24. The first-order chi connectivity index (χ1) is 9.28. The molecule has 0 aromatic carbocycles. The Bertz CT molecular complexity index is 292. The number of epoxide rings is 2. The molecule has 3 heterocycles. The molecule has 3 saturated heterocycles. The third-order valence-corrected chi connectivity index (χ3v) is 3.48. The molecule has 3 aliphatic rings. The Balaban J connectivity index is 1.51. The molecule has 2 unspecified atom stereocenters. The van der Waals surface area contributed by atoms with Crippen molar-refractivity contribution in [1.29, 1.82) is 0 Å². The molecule has 6 atom stereocenters. The molecule has 0 saturated carbocycles. The average molecular weight is 276 g/mol. The molecule has 7 heteroatoms. The average Bonchev–Trinajstić information content (AvgIpc) is 3.30. The lowest BCUT2D eigenvalue weighted by Gasteiger charge is -2.27. The topological polar surface area (TPSA) is 93.2 Å². The molecular formula is C12H20O7. The minimum atomic E-state index is -0.696. The van der Waals surface area contributed by atoms with Crippen molar-refractivity contribution in [2.45, 2.75) is 36.6 Å². The summed E-state index contributed by atoms with van der Waals surface area (Å²) >= 11 is 0. The van der Waals surface area contributed by atoms with Crippen LogP contribution in [0.2, 0.25) is 0 Å². The largest absolute Gasteiger partial charge is 0.394 e. The van der Waals surface area contributed by atoms with Gasteiger partial charge < -0.3 is 33.9 Å². The van der Waals surface area contributed by atoms with Gasteiger partial charge in [0.15, 0.2) is 0 Å². The van der Waals surface area contributed by atoms with Crippen molar-refractivity contribution in [2.75, 3.05) is 39.6 Å². The van der Waals surface area contributed by atoms with E-state index in [0.717, 1.165) is 0 Å². The van der Waals surface area contributed by atoms with E-state index >= 15 is 0 Å². The number of aliphatic hydroxyl groups is 2. The van der Waals surface area contributed by atoms with Crippen molar-refractivity contribution in [2.24, 2.45) is 0 Å². The van der Waals surface area contributed by atoms with E-state index in [0.29, 0.717) is 26.4 Å². The van der Waals surface area contributed by atoms with Gasteiger partial charge in [-0.25, -0.2) is 0 Å². The Hall–Kier alpha value is -0.280. The van der Waals surface area contributed by atoms with Crippen LogP contribution in [0, 0.1) is 0 Å². The minimum Gasteiger partial charge on any atom is -0.394 e. The summed E-state index contributed by atoms with van der Waals surface area (Å²) < 4.78 is 26.8. The van der Waals surface area contributed by atoms with Gasteiger partial charge in [-0.3, -0.25) is 0 Å². The summed E-state index contributed by atoms with van der Waals surface area (Å²) in [5.74, 6) is 0. The number of hydrogen-bond donors (Lipinski definition) is 2. The van der Waals surface area contributed by atoms with Crippen molar-refractivity contribution < 1.29 is 33.9 Å². The quantitative estimate of drug-likeness (QED) is 0.511. The minimum absolute atomic E-state index is 0.125. The Labute approximate surface area is 111 Å². The van der Waals surface area contributed by atoms with Gasteiger partial charge in [0.2, 0.25) is 0 Å². The van der Waals surface area contributed by atoms with E-state index in [9.17, 15) is 10.2 Å². The second-order valence-corrected chi connectivity index (χ2v) is 5.13. The van der Waals surface area contributed by atoms with Crippen molar-refractivity contribution in [3.05, 3.63) is 0 Å². The lowest BCUT2D eigenvalue weighted by molar-refractivity contribution is -0.120. The van der Waals surface area contributed by atoms with Gasteiger partial charge in [-0.2, -0.15) is 0 Å². The summed E-state index contributed by atoms with van der Waals surface area (Å²) in [6, 6.07) is 0.